The van der Waals surface area contributed by atoms with Crippen molar-refractivity contribution in [2.45, 2.75) is 19.3 Å². The molecule has 1 aliphatic rings. The van der Waals surface area contributed by atoms with Crippen LogP contribution in [0, 0.1) is 6.92 Å². The summed E-state index contributed by atoms with van der Waals surface area (Å²) in [6, 6.07) is 8.95. The number of phenolic OH excluding ortho intramolecular Hbond substituents is 2. The van der Waals surface area contributed by atoms with E-state index in [9.17, 15) is 24.9 Å². The molecule has 2 aromatic rings. The largest absolute Gasteiger partial charge is 0.508 e. The minimum absolute atomic E-state index is 0.127. The van der Waals surface area contributed by atoms with Gasteiger partial charge < -0.3 is 24.8 Å². The molecule has 0 spiro atoms. The smallest absolute Gasteiger partial charge is 0.276 e. The van der Waals surface area contributed by atoms with Crippen molar-refractivity contribution < 1.29 is 34.4 Å². The van der Waals surface area contributed by atoms with Crippen LogP contribution < -0.4 is 20.3 Å². The number of phenols is 2. The van der Waals surface area contributed by atoms with Gasteiger partial charge in [-0.25, -0.2) is 0 Å². The maximum atomic E-state index is 12.1. The maximum Gasteiger partial charge on any atom is 0.276 e. The summed E-state index contributed by atoms with van der Waals surface area (Å²) >= 11 is 0. The van der Waals surface area contributed by atoms with Gasteiger partial charge in [0.05, 0.1) is 5.56 Å². The Morgan fingerprint density at radius 3 is 2.27 bits per heavy atom. The fourth-order valence-electron chi connectivity index (χ4n) is 2.47. The van der Waals surface area contributed by atoms with Crippen LogP contribution in [0.15, 0.2) is 36.4 Å². The molecular formula is C17H16N2O7. The summed E-state index contributed by atoms with van der Waals surface area (Å²) < 4.78 is 10.6. The summed E-state index contributed by atoms with van der Waals surface area (Å²) in [5, 5.41) is 29.2. The maximum absolute atomic E-state index is 12.1. The molecule has 0 fully saturated rings. The Kier molecular flexibility index (Phi) is 4.55. The number of nitrogens with one attached hydrogen (secondary N) is 2. The molecule has 0 bridgehead atoms. The van der Waals surface area contributed by atoms with Gasteiger partial charge in [-0.05, 0) is 30.7 Å². The Balaban J connectivity index is 1.60. The molecule has 9 heteroatoms. The number of aryl methyl sites for hydroxylation is 1. The molecule has 9 nitrogen and oxygen atoms in total. The number of para-hydroxylation sites is 2. The van der Waals surface area contributed by atoms with Crippen molar-refractivity contribution in [3.05, 3.63) is 47.5 Å². The van der Waals surface area contributed by atoms with E-state index in [1.165, 1.54) is 13.0 Å². The van der Waals surface area contributed by atoms with E-state index in [1.54, 1.807) is 24.3 Å². The average Bonchev–Trinajstić information content (AvgIpc) is 3.02. The highest BCUT2D eigenvalue weighted by Crippen LogP contribution is 2.34. The Hall–Kier alpha value is -3.46. The van der Waals surface area contributed by atoms with Gasteiger partial charge in [0.2, 0.25) is 6.10 Å². The molecule has 0 saturated carbocycles. The van der Waals surface area contributed by atoms with Crippen LogP contribution in [0.2, 0.25) is 0 Å². The molecule has 0 radical (unpaired) electrons. The van der Waals surface area contributed by atoms with Gasteiger partial charge in [0.1, 0.15) is 11.5 Å². The molecule has 0 saturated heterocycles. The van der Waals surface area contributed by atoms with Gasteiger partial charge in [-0.3, -0.25) is 20.4 Å². The number of hydrogen-bond acceptors (Lipinski definition) is 7. The third-order valence-corrected chi connectivity index (χ3v) is 3.69. The first-order valence-electron chi connectivity index (χ1n) is 7.60. The van der Waals surface area contributed by atoms with Gasteiger partial charge in [0.15, 0.2) is 11.5 Å². The number of aromatic hydroxyl groups is 2. The van der Waals surface area contributed by atoms with Crippen LogP contribution in [0.4, 0.5) is 0 Å². The van der Waals surface area contributed by atoms with E-state index in [4.69, 9.17) is 9.47 Å². The van der Waals surface area contributed by atoms with Crippen molar-refractivity contribution in [1.82, 2.24) is 10.9 Å². The lowest BCUT2D eigenvalue weighted by molar-refractivity contribution is -0.143. The lowest BCUT2D eigenvalue weighted by Gasteiger charge is -2.17. The molecule has 3 rings (SSSR count). The molecule has 2 amide bonds. The number of hydrogen-bond donors (Lipinski definition) is 5. The predicted molar refractivity (Wildman–Crippen MR) is 87.6 cm³/mol. The minimum atomic E-state index is -1.71. The summed E-state index contributed by atoms with van der Waals surface area (Å²) in [6.45, 7) is 1.50. The van der Waals surface area contributed by atoms with E-state index in [0.717, 1.165) is 6.07 Å². The quantitative estimate of drug-likeness (QED) is 0.497. The van der Waals surface area contributed by atoms with Crippen LogP contribution in [0.25, 0.3) is 0 Å². The van der Waals surface area contributed by atoms with Crippen LogP contribution in [-0.2, 0) is 4.79 Å². The van der Waals surface area contributed by atoms with Crippen LogP contribution in [0.3, 0.4) is 0 Å². The summed E-state index contributed by atoms with van der Waals surface area (Å²) in [7, 11) is 0. The zero-order valence-corrected chi connectivity index (χ0v) is 13.6. The molecule has 5 N–H and O–H groups in total. The molecule has 26 heavy (non-hydrogen) atoms. The van der Waals surface area contributed by atoms with Crippen molar-refractivity contribution in [1.29, 1.82) is 0 Å². The van der Waals surface area contributed by atoms with E-state index >= 15 is 0 Å². The fraction of sp³-hybridized carbons (Fsp3) is 0.176. The third-order valence-electron chi connectivity index (χ3n) is 3.69. The number of aliphatic hydroxyl groups excluding tert-OH is 1. The zero-order chi connectivity index (χ0) is 18.8. The molecule has 1 unspecified atom stereocenters. The predicted octanol–water partition coefficient (Wildman–Crippen LogP) is 0.326. The lowest BCUT2D eigenvalue weighted by Crippen LogP contribution is -2.51. The summed E-state index contributed by atoms with van der Waals surface area (Å²) in [4.78, 5) is 24.1. The van der Waals surface area contributed by atoms with Gasteiger partial charge in [0.25, 0.3) is 18.1 Å². The molecule has 0 aromatic heterocycles. The molecule has 136 valence electrons. The highest BCUT2D eigenvalue weighted by atomic mass is 16.7. The van der Waals surface area contributed by atoms with Gasteiger partial charge in [-0.2, -0.15) is 0 Å². The van der Waals surface area contributed by atoms with Crippen LogP contribution in [0.1, 0.15) is 15.9 Å². The Labute approximate surface area is 147 Å². The summed E-state index contributed by atoms with van der Waals surface area (Å²) in [5.41, 5.74) is 4.28. The van der Waals surface area contributed by atoms with Gasteiger partial charge in [-0.15, -0.1) is 0 Å². The second-order valence-corrected chi connectivity index (χ2v) is 5.60. The molecule has 1 aliphatic heterocycles. The first-order valence-corrected chi connectivity index (χ1v) is 7.60. The lowest BCUT2D eigenvalue weighted by atomic mass is 10.1. The highest BCUT2D eigenvalue weighted by Gasteiger charge is 2.35. The second kappa shape index (κ2) is 6.81. The van der Waals surface area contributed by atoms with Gasteiger partial charge in [-0.1, -0.05) is 12.1 Å². The Morgan fingerprint density at radius 2 is 1.69 bits per heavy atom. The van der Waals surface area contributed by atoms with E-state index in [2.05, 4.69) is 5.43 Å². The van der Waals surface area contributed by atoms with E-state index in [0.29, 0.717) is 17.1 Å². The number of benzene rings is 2. The summed E-state index contributed by atoms with van der Waals surface area (Å²) in [5.74, 6) is -1.67. The van der Waals surface area contributed by atoms with E-state index in [-0.39, 0.29) is 11.3 Å². The Morgan fingerprint density at radius 1 is 1.08 bits per heavy atom. The monoisotopic (exact) mass is 360 g/mol. The van der Waals surface area contributed by atoms with Gasteiger partial charge in [0, 0.05) is 6.07 Å². The summed E-state index contributed by atoms with van der Waals surface area (Å²) in [6.07, 6.45) is -2.97. The van der Waals surface area contributed by atoms with Gasteiger partial charge >= 0.3 is 0 Å². The molecule has 1 atom stereocenters. The van der Waals surface area contributed by atoms with Crippen molar-refractivity contribution in [2.24, 2.45) is 0 Å². The van der Waals surface area contributed by atoms with Crippen LogP contribution in [0.5, 0.6) is 23.0 Å². The van der Waals surface area contributed by atoms with Crippen molar-refractivity contribution in [3.8, 4) is 23.0 Å². The Bertz CT molecular complexity index is 820. The first-order chi connectivity index (χ1) is 12.4. The van der Waals surface area contributed by atoms with Crippen LogP contribution in [-0.4, -0.2) is 39.5 Å². The number of carbonyl (C=O) groups excluding carboxylic acids is 2. The van der Waals surface area contributed by atoms with E-state index in [1.807, 2.05) is 5.43 Å². The van der Waals surface area contributed by atoms with E-state index < -0.39 is 30.0 Å². The topological polar surface area (TPSA) is 137 Å². The van der Waals surface area contributed by atoms with Crippen LogP contribution >= 0.6 is 0 Å². The highest BCUT2D eigenvalue weighted by molar-refractivity contribution is 5.99. The normalized spacial score (nSPS) is 13.9. The number of amides is 2. The minimum Gasteiger partial charge on any atom is -0.508 e. The SMILES string of the molecule is Cc1cc(O)cc(O)c1C(=O)NNC(=O)C(O)C1Oc2ccccc2O1. The fourth-order valence-corrected chi connectivity index (χ4v) is 2.47. The number of rotatable bonds is 3. The van der Waals surface area contributed by atoms with Crippen molar-refractivity contribution in [3.63, 3.8) is 0 Å². The standard InChI is InChI=1S/C17H16N2O7/c1-8-6-9(20)7-10(21)13(8)15(23)18-19-16(24)14(22)17-25-11-4-2-3-5-12(11)26-17/h2-7,14,17,20-22H,1H3,(H,18,23)(H,19,24). The molecule has 1 heterocycles. The average molecular weight is 360 g/mol. The number of aliphatic hydroxyl groups is 1. The number of ether oxygens (including phenoxy) is 2. The number of hydrazine groups is 1. The molecule has 2 aromatic carbocycles. The van der Waals surface area contributed by atoms with Crippen molar-refractivity contribution >= 4 is 11.8 Å². The second-order valence-electron chi connectivity index (χ2n) is 5.60. The molecular weight excluding hydrogens is 344 g/mol. The van der Waals surface area contributed by atoms with Crippen molar-refractivity contribution in [2.75, 3.05) is 0 Å². The first kappa shape index (κ1) is 17.4. The molecule has 0 aliphatic carbocycles. The zero-order valence-electron chi connectivity index (χ0n) is 13.6. The number of fused-ring (bicyclic) bond motifs is 1. The number of carbonyl (C=O) groups is 2. The third kappa shape index (κ3) is 3.33.